The van der Waals surface area contributed by atoms with E-state index in [1.807, 2.05) is 0 Å². The fourth-order valence-electron chi connectivity index (χ4n) is 4.02. The van der Waals surface area contributed by atoms with Gasteiger partial charge in [0.2, 0.25) is 0 Å². The van der Waals surface area contributed by atoms with Crippen LogP contribution in [0.5, 0.6) is 0 Å². The predicted molar refractivity (Wildman–Crippen MR) is 143 cm³/mol. The van der Waals surface area contributed by atoms with Crippen molar-refractivity contribution in [2.24, 2.45) is 4.99 Å². The van der Waals surface area contributed by atoms with Crippen molar-refractivity contribution in [3.63, 3.8) is 0 Å². The highest BCUT2D eigenvalue weighted by Crippen LogP contribution is 2.09. The third-order valence-corrected chi connectivity index (χ3v) is 5.81. The lowest BCUT2D eigenvalue weighted by Crippen LogP contribution is -2.40. The van der Waals surface area contributed by atoms with Crippen LogP contribution in [0.4, 0.5) is 0 Å². The van der Waals surface area contributed by atoms with Gasteiger partial charge in [-0.1, -0.05) is 50.1 Å². The Kier molecular flexibility index (Phi) is 13.3. The molecule has 0 atom stereocenters. The van der Waals surface area contributed by atoms with Gasteiger partial charge in [-0.15, -0.1) is 34.2 Å². The molecule has 2 heterocycles. The first-order valence-electron chi connectivity index (χ1n) is 12.0. The quantitative estimate of drug-likeness (QED) is 0.193. The molecule has 32 heavy (non-hydrogen) atoms. The van der Waals surface area contributed by atoms with Crippen LogP contribution in [0.2, 0.25) is 0 Å². The van der Waals surface area contributed by atoms with E-state index in [9.17, 15) is 0 Å². The summed E-state index contributed by atoms with van der Waals surface area (Å²) in [5.41, 5.74) is 1.34. The van der Waals surface area contributed by atoms with Crippen LogP contribution in [0.25, 0.3) is 0 Å². The van der Waals surface area contributed by atoms with E-state index in [0.29, 0.717) is 0 Å². The van der Waals surface area contributed by atoms with Gasteiger partial charge in [0.1, 0.15) is 12.2 Å². The molecule has 0 saturated carbocycles. The fraction of sp³-hybridized carbons (Fsp3) is 0.625. The Balaban J connectivity index is 0.00000363. The number of aromatic nitrogens is 3. The van der Waals surface area contributed by atoms with E-state index in [4.69, 9.17) is 4.99 Å². The third kappa shape index (κ3) is 9.85. The van der Waals surface area contributed by atoms with E-state index in [1.165, 1.54) is 44.3 Å². The van der Waals surface area contributed by atoms with E-state index in [2.05, 4.69) is 67.6 Å². The van der Waals surface area contributed by atoms with Gasteiger partial charge in [-0.25, -0.2) is 0 Å². The Morgan fingerprint density at radius 2 is 1.75 bits per heavy atom. The molecule has 0 amide bonds. The summed E-state index contributed by atoms with van der Waals surface area (Å²) in [5.74, 6) is 1.92. The van der Waals surface area contributed by atoms with Crippen molar-refractivity contribution >= 4 is 29.9 Å². The number of nitrogens with one attached hydrogen (secondary N) is 2. The Labute approximate surface area is 210 Å². The van der Waals surface area contributed by atoms with Gasteiger partial charge in [0.15, 0.2) is 5.96 Å². The Morgan fingerprint density at radius 1 is 1.00 bits per heavy atom. The first-order valence-corrected chi connectivity index (χ1v) is 12.0. The van der Waals surface area contributed by atoms with E-state index in [-0.39, 0.29) is 24.0 Å². The second-order valence-corrected chi connectivity index (χ2v) is 8.22. The minimum absolute atomic E-state index is 0. The molecular weight excluding hydrogens is 513 g/mol. The summed E-state index contributed by atoms with van der Waals surface area (Å²) in [7, 11) is 0. The number of rotatable bonds is 11. The number of hydrogen-bond donors (Lipinski definition) is 2. The molecule has 1 fully saturated rings. The number of aliphatic imine (C=N–C) groups is 1. The summed E-state index contributed by atoms with van der Waals surface area (Å²) in [5, 5.41) is 15.2. The van der Waals surface area contributed by atoms with Crippen LogP contribution >= 0.6 is 24.0 Å². The fourth-order valence-corrected chi connectivity index (χ4v) is 4.02. The molecule has 1 aromatic heterocycles. The molecule has 2 N–H and O–H groups in total. The summed E-state index contributed by atoms with van der Waals surface area (Å²) in [4.78, 5) is 7.46. The first kappa shape index (κ1) is 26.6. The Hall–Kier alpha value is -1.68. The zero-order chi connectivity index (χ0) is 21.6. The lowest BCUT2D eigenvalue weighted by Gasteiger charge is -2.19. The molecule has 1 saturated heterocycles. The minimum atomic E-state index is 0. The molecule has 0 spiro atoms. The van der Waals surface area contributed by atoms with Crippen molar-refractivity contribution in [1.82, 2.24) is 30.3 Å². The number of halogens is 1. The highest BCUT2D eigenvalue weighted by Gasteiger charge is 2.08. The monoisotopic (exact) mass is 553 g/mol. The van der Waals surface area contributed by atoms with E-state index in [1.54, 1.807) is 6.33 Å². The van der Waals surface area contributed by atoms with Crippen molar-refractivity contribution in [2.45, 2.75) is 58.4 Å². The molecule has 8 heteroatoms. The lowest BCUT2D eigenvalue weighted by molar-refractivity contribution is 0.283. The number of guanidine groups is 1. The maximum atomic E-state index is 4.85. The molecule has 178 valence electrons. The molecule has 0 radical (unpaired) electrons. The van der Waals surface area contributed by atoms with Crippen LogP contribution in [0.1, 0.15) is 50.4 Å². The molecule has 1 aliphatic rings. The number of nitrogens with zero attached hydrogens (tertiary/aromatic N) is 5. The van der Waals surface area contributed by atoms with Crippen LogP contribution in [0.15, 0.2) is 41.7 Å². The molecule has 1 aromatic carbocycles. The average molecular weight is 554 g/mol. The number of aryl methyl sites for hydroxylation is 1. The maximum absolute atomic E-state index is 4.85. The van der Waals surface area contributed by atoms with Gasteiger partial charge in [0, 0.05) is 32.6 Å². The van der Waals surface area contributed by atoms with Gasteiger partial charge in [-0.3, -0.25) is 4.99 Å². The summed E-state index contributed by atoms with van der Waals surface area (Å²) in [6.07, 6.45) is 10.3. The maximum Gasteiger partial charge on any atom is 0.191 e. The molecule has 1 aliphatic heterocycles. The van der Waals surface area contributed by atoms with Gasteiger partial charge in [0.05, 0.1) is 0 Å². The van der Waals surface area contributed by atoms with Gasteiger partial charge in [0.25, 0.3) is 0 Å². The summed E-state index contributed by atoms with van der Waals surface area (Å²) in [6, 6.07) is 10.6. The average Bonchev–Trinajstić information content (AvgIpc) is 3.10. The van der Waals surface area contributed by atoms with Crippen molar-refractivity contribution in [2.75, 3.05) is 39.3 Å². The van der Waals surface area contributed by atoms with Gasteiger partial charge in [-0.2, -0.15) is 0 Å². The number of likely N-dealkylation sites (tertiary alicyclic amines) is 1. The molecular formula is C24H40IN7. The van der Waals surface area contributed by atoms with Crippen molar-refractivity contribution < 1.29 is 0 Å². The Bertz CT molecular complexity index is 755. The van der Waals surface area contributed by atoms with Crippen LogP contribution in [0, 0.1) is 0 Å². The van der Waals surface area contributed by atoms with Crippen molar-refractivity contribution in [1.29, 1.82) is 0 Å². The summed E-state index contributed by atoms with van der Waals surface area (Å²) < 4.78 is 2.11. The standard InChI is InChI=1S/C24H39N7.HI/c1-2-23-29-28-21-31(23)20-16-27-24(26-15-13-22-11-6-5-7-12-22)25-14-10-19-30-17-8-3-4-9-18-30;/h5-7,11-12,21H,2-4,8-10,13-20H2,1H3,(H2,25,26,27);1H. The summed E-state index contributed by atoms with van der Waals surface area (Å²) in [6.45, 7) is 9.12. The normalized spacial score (nSPS) is 15.1. The lowest BCUT2D eigenvalue weighted by atomic mass is 10.1. The van der Waals surface area contributed by atoms with E-state index < -0.39 is 0 Å². The van der Waals surface area contributed by atoms with Crippen molar-refractivity contribution in [3.05, 3.63) is 48.0 Å². The molecule has 0 aliphatic carbocycles. The minimum Gasteiger partial charge on any atom is -0.356 e. The topological polar surface area (TPSA) is 70.4 Å². The largest absolute Gasteiger partial charge is 0.356 e. The van der Waals surface area contributed by atoms with Gasteiger partial charge < -0.3 is 20.1 Å². The molecule has 0 bridgehead atoms. The SMILES string of the molecule is CCc1nncn1CCNC(=NCCCN1CCCCCC1)NCCc1ccccc1.I. The van der Waals surface area contributed by atoms with Crippen LogP contribution in [-0.4, -0.2) is 64.9 Å². The number of hydrogen-bond acceptors (Lipinski definition) is 4. The zero-order valence-electron chi connectivity index (χ0n) is 19.5. The van der Waals surface area contributed by atoms with Crippen LogP contribution < -0.4 is 10.6 Å². The van der Waals surface area contributed by atoms with Gasteiger partial charge in [-0.05, 0) is 50.9 Å². The molecule has 3 rings (SSSR count). The van der Waals surface area contributed by atoms with Crippen LogP contribution in [-0.2, 0) is 19.4 Å². The molecule has 2 aromatic rings. The van der Waals surface area contributed by atoms with E-state index in [0.717, 1.165) is 63.8 Å². The smallest absolute Gasteiger partial charge is 0.191 e. The third-order valence-electron chi connectivity index (χ3n) is 5.81. The summed E-state index contributed by atoms with van der Waals surface area (Å²) >= 11 is 0. The van der Waals surface area contributed by atoms with Crippen LogP contribution in [0.3, 0.4) is 0 Å². The van der Waals surface area contributed by atoms with E-state index >= 15 is 0 Å². The Morgan fingerprint density at radius 3 is 2.50 bits per heavy atom. The molecule has 0 unspecified atom stereocenters. The highest BCUT2D eigenvalue weighted by atomic mass is 127. The van der Waals surface area contributed by atoms with Gasteiger partial charge >= 0.3 is 0 Å². The number of benzene rings is 1. The highest BCUT2D eigenvalue weighted by molar-refractivity contribution is 14.0. The predicted octanol–water partition coefficient (Wildman–Crippen LogP) is 3.50. The second kappa shape index (κ2) is 16.0. The van der Waals surface area contributed by atoms with Crippen molar-refractivity contribution in [3.8, 4) is 0 Å². The first-order chi connectivity index (χ1) is 15.3. The second-order valence-electron chi connectivity index (χ2n) is 8.22. The zero-order valence-corrected chi connectivity index (χ0v) is 21.8. The molecule has 7 nitrogen and oxygen atoms in total.